The molecule has 7 nitrogen and oxygen atoms in total. The molecule has 164 valence electrons. The van der Waals surface area contributed by atoms with Crippen LogP contribution < -0.4 is 10.1 Å². The highest BCUT2D eigenvalue weighted by Crippen LogP contribution is 2.34. The largest absolute Gasteiger partial charge is 0.461 e. The van der Waals surface area contributed by atoms with Crippen LogP contribution in [0.5, 0.6) is 11.5 Å². The molecule has 8 heteroatoms. The molecule has 32 heavy (non-hydrogen) atoms. The Balaban J connectivity index is 1.67. The van der Waals surface area contributed by atoms with Crippen molar-refractivity contribution in [3.63, 3.8) is 0 Å². The molecule has 0 saturated heterocycles. The number of nitrogens with one attached hydrogen (secondary N) is 1. The van der Waals surface area contributed by atoms with Gasteiger partial charge in [-0.05, 0) is 73.5 Å². The van der Waals surface area contributed by atoms with E-state index in [2.05, 4.69) is 10.3 Å². The fourth-order valence-corrected chi connectivity index (χ4v) is 3.91. The summed E-state index contributed by atoms with van der Waals surface area (Å²) in [5.74, 6) is 1.65. The van der Waals surface area contributed by atoms with E-state index in [1.807, 2.05) is 32.0 Å². The molecule has 0 radical (unpaired) electrons. The summed E-state index contributed by atoms with van der Waals surface area (Å²) < 4.78 is 35.1. The zero-order valence-electron chi connectivity index (χ0n) is 17.9. The van der Waals surface area contributed by atoms with E-state index in [-0.39, 0.29) is 10.8 Å². The van der Waals surface area contributed by atoms with E-state index in [0.717, 1.165) is 18.2 Å². The molecule has 0 fully saturated rings. The maximum Gasteiger partial charge on any atom is 0.257 e. The van der Waals surface area contributed by atoms with Gasteiger partial charge in [-0.2, -0.15) is 0 Å². The number of aromatic nitrogens is 1. The van der Waals surface area contributed by atoms with Gasteiger partial charge in [0, 0.05) is 18.0 Å². The highest BCUT2D eigenvalue weighted by atomic mass is 32.2. The van der Waals surface area contributed by atoms with Crippen LogP contribution in [0.25, 0.3) is 11.0 Å². The normalized spacial score (nSPS) is 11.5. The third kappa shape index (κ3) is 4.65. The molecule has 0 aliphatic heterocycles. The van der Waals surface area contributed by atoms with Crippen molar-refractivity contribution < 1.29 is 22.4 Å². The van der Waals surface area contributed by atoms with Crippen LogP contribution in [0.3, 0.4) is 0 Å². The summed E-state index contributed by atoms with van der Waals surface area (Å²) >= 11 is 0. The number of anilines is 1. The van der Waals surface area contributed by atoms with Gasteiger partial charge in [0.05, 0.1) is 10.3 Å². The number of aryl methyl sites for hydroxylation is 2. The van der Waals surface area contributed by atoms with Crippen LogP contribution in [-0.2, 0) is 16.3 Å². The average Bonchev–Trinajstić information content (AvgIpc) is 3.14. The van der Waals surface area contributed by atoms with Crippen LogP contribution in [-0.4, -0.2) is 25.6 Å². The van der Waals surface area contributed by atoms with Crippen molar-refractivity contribution in [1.82, 2.24) is 4.98 Å². The predicted molar refractivity (Wildman–Crippen MR) is 122 cm³/mol. The first kappa shape index (κ1) is 21.6. The maximum absolute atomic E-state index is 12.9. The standard InChI is InChI=1S/C24H22N2O5S/c1-4-16-9-10-25-23(12-16)26-24(27)17-13-21-20(11-15(2)30-21)22(14-17)31-18-5-7-19(8-6-18)32(3,28)29/h5-14H,4H2,1-3H3,(H,25,26,27). The van der Waals surface area contributed by atoms with Crippen molar-refractivity contribution >= 4 is 32.5 Å². The third-order valence-electron chi connectivity index (χ3n) is 4.94. The van der Waals surface area contributed by atoms with Crippen LogP contribution in [0.4, 0.5) is 5.82 Å². The number of hydrogen-bond donors (Lipinski definition) is 1. The van der Waals surface area contributed by atoms with Gasteiger partial charge < -0.3 is 14.5 Å². The number of benzene rings is 2. The molecule has 2 aromatic heterocycles. The topological polar surface area (TPSA) is 98.5 Å². The highest BCUT2D eigenvalue weighted by Gasteiger charge is 2.16. The molecule has 0 aliphatic rings. The minimum Gasteiger partial charge on any atom is -0.461 e. The first-order valence-corrected chi connectivity index (χ1v) is 11.9. The molecule has 4 aromatic rings. The number of sulfone groups is 1. The number of furan rings is 1. The van der Waals surface area contributed by atoms with E-state index in [9.17, 15) is 13.2 Å². The molecule has 0 bridgehead atoms. The van der Waals surface area contributed by atoms with Gasteiger partial charge in [-0.15, -0.1) is 0 Å². The molecule has 1 amide bonds. The predicted octanol–water partition coefficient (Wildman–Crippen LogP) is 5.15. The highest BCUT2D eigenvalue weighted by molar-refractivity contribution is 7.90. The summed E-state index contributed by atoms with van der Waals surface area (Å²) in [5.41, 5.74) is 1.92. The maximum atomic E-state index is 12.9. The van der Waals surface area contributed by atoms with Crippen LogP contribution in [0.1, 0.15) is 28.6 Å². The number of amides is 1. The van der Waals surface area contributed by atoms with Gasteiger partial charge in [-0.25, -0.2) is 13.4 Å². The molecule has 0 atom stereocenters. The molecule has 2 heterocycles. The summed E-state index contributed by atoms with van der Waals surface area (Å²) in [6, 6.07) is 14.9. The van der Waals surface area contributed by atoms with Gasteiger partial charge in [0.2, 0.25) is 0 Å². The van der Waals surface area contributed by atoms with Gasteiger partial charge in [0.15, 0.2) is 9.84 Å². The van der Waals surface area contributed by atoms with Crippen molar-refractivity contribution in [2.45, 2.75) is 25.2 Å². The Morgan fingerprint density at radius 3 is 2.53 bits per heavy atom. The van der Waals surface area contributed by atoms with E-state index < -0.39 is 9.84 Å². The molecule has 4 rings (SSSR count). The Bertz CT molecular complexity index is 1410. The zero-order chi connectivity index (χ0) is 22.9. The van der Waals surface area contributed by atoms with Gasteiger partial charge in [-0.3, -0.25) is 4.79 Å². The van der Waals surface area contributed by atoms with Crippen LogP contribution >= 0.6 is 0 Å². The van der Waals surface area contributed by atoms with Crippen molar-refractivity contribution in [3.8, 4) is 11.5 Å². The minimum atomic E-state index is -3.31. The van der Waals surface area contributed by atoms with Crippen molar-refractivity contribution in [1.29, 1.82) is 0 Å². The van der Waals surface area contributed by atoms with Gasteiger partial charge in [0.1, 0.15) is 28.7 Å². The number of carbonyl (C=O) groups excluding carboxylic acids is 1. The molecular formula is C24H22N2O5S. The van der Waals surface area contributed by atoms with Crippen molar-refractivity contribution in [2.24, 2.45) is 0 Å². The molecule has 0 aliphatic carbocycles. The second-order valence-corrected chi connectivity index (χ2v) is 9.46. The third-order valence-corrected chi connectivity index (χ3v) is 6.07. The van der Waals surface area contributed by atoms with E-state index >= 15 is 0 Å². The molecular weight excluding hydrogens is 428 g/mol. The molecule has 0 saturated carbocycles. The van der Waals surface area contributed by atoms with Gasteiger partial charge in [-0.1, -0.05) is 6.92 Å². The summed E-state index contributed by atoms with van der Waals surface area (Å²) in [5, 5.41) is 3.51. The lowest BCUT2D eigenvalue weighted by Gasteiger charge is -2.10. The van der Waals surface area contributed by atoms with Crippen molar-refractivity contribution in [3.05, 3.63) is 77.7 Å². The Morgan fingerprint density at radius 1 is 1.09 bits per heavy atom. The summed E-state index contributed by atoms with van der Waals surface area (Å²) in [7, 11) is -3.31. The first-order valence-electron chi connectivity index (χ1n) is 10.0. The number of pyridine rings is 1. The number of hydrogen-bond acceptors (Lipinski definition) is 6. The van der Waals surface area contributed by atoms with Crippen molar-refractivity contribution in [2.75, 3.05) is 11.6 Å². The summed E-state index contributed by atoms with van der Waals surface area (Å²) in [6.45, 7) is 3.84. The van der Waals surface area contributed by atoms with Gasteiger partial charge in [0.25, 0.3) is 5.91 Å². The number of carbonyl (C=O) groups is 1. The second kappa shape index (κ2) is 8.47. The molecule has 0 spiro atoms. The van der Waals surface area contributed by atoms with Crippen LogP contribution in [0, 0.1) is 6.92 Å². The van der Waals surface area contributed by atoms with Crippen LogP contribution in [0.2, 0.25) is 0 Å². The van der Waals surface area contributed by atoms with E-state index in [4.69, 9.17) is 9.15 Å². The average molecular weight is 451 g/mol. The quantitative estimate of drug-likeness (QED) is 0.436. The molecule has 1 N–H and O–H groups in total. The number of rotatable bonds is 6. The number of nitrogens with zero attached hydrogens (tertiary/aromatic N) is 1. The second-order valence-electron chi connectivity index (χ2n) is 7.45. The van der Waals surface area contributed by atoms with E-state index in [1.54, 1.807) is 30.5 Å². The Hall–Kier alpha value is -3.65. The Labute approximate surface area is 186 Å². The summed E-state index contributed by atoms with van der Waals surface area (Å²) in [4.78, 5) is 17.3. The zero-order valence-corrected chi connectivity index (χ0v) is 18.7. The lowest BCUT2D eigenvalue weighted by molar-refractivity contribution is 0.102. The molecule has 0 unspecified atom stereocenters. The lowest BCUT2D eigenvalue weighted by atomic mass is 10.1. The number of ether oxygens (including phenoxy) is 1. The van der Waals surface area contributed by atoms with E-state index in [0.29, 0.717) is 39.6 Å². The minimum absolute atomic E-state index is 0.198. The number of fused-ring (bicyclic) bond motifs is 1. The fraction of sp³-hybridized carbons (Fsp3) is 0.167. The SMILES string of the molecule is CCc1ccnc(NC(=O)c2cc(Oc3ccc(S(C)(=O)=O)cc3)c3cc(C)oc3c2)c1. The van der Waals surface area contributed by atoms with E-state index in [1.165, 1.54) is 12.1 Å². The first-order chi connectivity index (χ1) is 15.2. The smallest absolute Gasteiger partial charge is 0.257 e. The van der Waals surface area contributed by atoms with Gasteiger partial charge >= 0.3 is 0 Å². The molecule has 2 aromatic carbocycles. The van der Waals surface area contributed by atoms with Crippen LogP contribution in [0.15, 0.2) is 70.1 Å². The Kier molecular flexibility index (Phi) is 5.71. The monoisotopic (exact) mass is 450 g/mol. The fourth-order valence-electron chi connectivity index (χ4n) is 3.28. The Morgan fingerprint density at radius 2 is 1.84 bits per heavy atom. The lowest BCUT2D eigenvalue weighted by Crippen LogP contribution is -2.13. The summed E-state index contributed by atoms with van der Waals surface area (Å²) in [6.07, 6.45) is 3.63.